The van der Waals surface area contributed by atoms with Gasteiger partial charge in [0.2, 0.25) is 11.8 Å². The first-order valence-electron chi connectivity index (χ1n) is 7.81. The van der Waals surface area contributed by atoms with Crippen molar-refractivity contribution in [3.8, 4) is 11.5 Å². The molecule has 24 heavy (non-hydrogen) atoms. The fourth-order valence-corrected chi connectivity index (χ4v) is 2.24. The number of hydrogen-bond acceptors (Lipinski definition) is 5. The molecule has 0 saturated carbocycles. The molecular weight excluding hydrogens is 309 g/mol. The highest BCUT2D eigenvalue weighted by atomic mass is 16.3. The topological polar surface area (TPSA) is 125 Å². The van der Waals surface area contributed by atoms with Crippen molar-refractivity contribution in [2.75, 3.05) is 12.3 Å². The summed E-state index contributed by atoms with van der Waals surface area (Å²) in [5, 5.41) is 24.6. The van der Waals surface area contributed by atoms with E-state index in [0.717, 1.165) is 18.9 Å². The summed E-state index contributed by atoms with van der Waals surface area (Å²) in [6.07, 6.45) is 1.56. The smallest absolute Gasteiger partial charge is 0.242 e. The largest absolute Gasteiger partial charge is 0.508 e. The summed E-state index contributed by atoms with van der Waals surface area (Å²) in [4.78, 5) is 23.6. The molecule has 2 radical (unpaired) electrons. The molecule has 1 aromatic carbocycles. The standard InChI is InChI=1S/C16H24BN3O4/c1-9(17)4-3-5-19-16(24)13(20-10(2)21)7-11-6-12(18)15(23)8-14(11)22/h6,8-9,13,22-23H,3-5,7,18H2,1-2H3,(H,19,24)(H,20,21)/t9?,13-/m0/s1. The lowest BCUT2D eigenvalue weighted by Crippen LogP contribution is -2.47. The van der Waals surface area contributed by atoms with Gasteiger partial charge < -0.3 is 26.6 Å². The molecule has 1 unspecified atom stereocenters. The molecule has 0 bridgehead atoms. The predicted octanol–water partition coefficient (Wildman–Crippen LogP) is 0.600. The van der Waals surface area contributed by atoms with Crippen molar-refractivity contribution in [1.29, 1.82) is 0 Å². The minimum absolute atomic E-state index is 0.0506. The van der Waals surface area contributed by atoms with E-state index in [0.29, 0.717) is 12.1 Å². The average molecular weight is 333 g/mol. The van der Waals surface area contributed by atoms with Crippen LogP contribution in [-0.4, -0.2) is 42.5 Å². The lowest BCUT2D eigenvalue weighted by molar-refractivity contribution is -0.128. The second-order valence-corrected chi connectivity index (χ2v) is 5.91. The number of benzene rings is 1. The van der Waals surface area contributed by atoms with E-state index in [2.05, 4.69) is 10.6 Å². The summed E-state index contributed by atoms with van der Waals surface area (Å²) < 4.78 is 0. The fraction of sp³-hybridized carbons (Fsp3) is 0.500. The SMILES string of the molecule is [B]C(C)CCCNC(=O)[C@H](Cc1cc(N)c(O)cc1O)NC(C)=O. The van der Waals surface area contributed by atoms with Crippen LogP contribution in [0.25, 0.3) is 0 Å². The number of nitrogens with one attached hydrogen (secondary N) is 2. The van der Waals surface area contributed by atoms with Gasteiger partial charge in [0.25, 0.3) is 0 Å². The van der Waals surface area contributed by atoms with Crippen LogP contribution in [0.2, 0.25) is 5.82 Å². The van der Waals surface area contributed by atoms with Crippen LogP contribution >= 0.6 is 0 Å². The van der Waals surface area contributed by atoms with Crippen molar-refractivity contribution in [1.82, 2.24) is 10.6 Å². The van der Waals surface area contributed by atoms with Crippen LogP contribution in [0.5, 0.6) is 11.5 Å². The van der Waals surface area contributed by atoms with Crippen molar-refractivity contribution in [3.05, 3.63) is 17.7 Å². The van der Waals surface area contributed by atoms with Crippen molar-refractivity contribution in [2.24, 2.45) is 0 Å². The third-order valence-electron chi connectivity index (χ3n) is 3.48. The monoisotopic (exact) mass is 333 g/mol. The summed E-state index contributed by atoms with van der Waals surface area (Å²) in [7, 11) is 5.65. The average Bonchev–Trinajstić information content (AvgIpc) is 2.47. The Balaban J connectivity index is 2.76. The van der Waals surface area contributed by atoms with Gasteiger partial charge in [-0.05, 0) is 18.1 Å². The van der Waals surface area contributed by atoms with Crippen molar-refractivity contribution >= 4 is 25.3 Å². The molecule has 1 rings (SSSR count). The number of phenolic OH excluding ortho intramolecular Hbond substituents is 2. The number of nitrogens with two attached hydrogens (primary N) is 1. The molecule has 0 aromatic heterocycles. The van der Waals surface area contributed by atoms with E-state index in [1.54, 1.807) is 0 Å². The minimum Gasteiger partial charge on any atom is -0.508 e. The van der Waals surface area contributed by atoms with Crippen LogP contribution in [0.1, 0.15) is 32.3 Å². The summed E-state index contributed by atoms with van der Waals surface area (Å²) in [5.41, 5.74) is 6.05. The molecular formula is C16H24BN3O4. The maximum absolute atomic E-state index is 12.3. The number of amides is 2. The number of phenols is 2. The lowest BCUT2D eigenvalue weighted by atomic mass is 9.85. The van der Waals surface area contributed by atoms with E-state index < -0.39 is 6.04 Å². The first-order valence-corrected chi connectivity index (χ1v) is 7.81. The van der Waals surface area contributed by atoms with Crippen LogP contribution in [0.3, 0.4) is 0 Å². The van der Waals surface area contributed by atoms with E-state index in [4.69, 9.17) is 13.6 Å². The van der Waals surface area contributed by atoms with E-state index >= 15 is 0 Å². The minimum atomic E-state index is -0.854. The van der Waals surface area contributed by atoms with Gasteiger partial charge in [0.1, 0.15) is 17.5 Å². The Hall–Kier alpha value is -2.38. The third kappa shape index (κ3) is 6.40. The lowest BCUT2D eigenvalue weighted by Gasteiger charge is -2.19. The second kappa shape index (κ2) is 9.05. The Kier molecular flexibility index (Phi) is 7.42. The number of hydrogen-bond donors (Lipinski definition) is 5. The molecule has 2 amide bonds. The van der Waals surface area contributed by atoms with Crippen LogP contribution in [-0.2, 0) is 16.0 Å². The van der Waals surface area contributed by atoms with Gasteiger partial charge in [0, 0.05) is 26.0 Å². The van der Waals surface area contributed by atoms with Gasteiger partial charge in [-0.25, -0.2) is 0 Å². The molecule has 0 aliphatic heterocycles. The number of rotatable bonds is 8. The Bertz CT molecular complexity index is 593. The number of aromatic hydroxyl groups is 2. The van der Waals surface area contributed by atoms with E-state index in [1.165, 1.54) is 13.0 Å². The summed E-state index contributed by atoms with van der Waals surface area (Å²) >= 11 is 0. The second-order valence-electron chi connectivity index (χ2n) is 5.91. The van der Waals surface area contributed by atoms with Gasteiger partial charge >= 0.3 is 0 Å². The molecule has 1 aromatic rings. The first kappa shape index (κ1) is 19.7. The zero-order valence-electron chi connectivity index (χ0n) is 14.0. The van der Waals surface area contributed by atoms with Gasteiger partial charge in [0.15, 0.2) is 0 Å². The molecule has 0 fully saturated rings. The van der Waals surface area contributed by atoms with Gasteiger partial charge in [-0.2, -0.15) is 0 Å². The van der Waals surface area contributed by atoms with Crippen molar-refractivity contribution in [3.63, 3.8) is 0 Å². The first-order chi connectivity index (χ1) is 11.2. The molecule has 0 aliphatic rings. The molecule has 130 valence electrons. The highest BCUT2D eigenvalue weighted by Crippen LogP contribution is 2.29. The van der Waals surface area contributed by atoms with Gasteiger partial charge in [-0.1, -0.05) is 19.2 Å². The Morgan fingerprint density at radius 2 is 1.96 bits per heavy atom. The molecule has 0 heterocycles. The van der Waals surface area contributed by atoms with Gasteiger partial charge in [-0.3, -0.25) is 9.59 Å². The highest BCUT2D eigenvalue weighted by molar-refractivity contribution is 6.11. The van der Waals surface area contributed by atoms with Crippen LogP contribution < -0.4 is 16.4 Å². The maximum Gasteiger partial charge on any atom is 0.242 e. The molecule has 7 nitrogen and oxygen atoms in total. The van der Waals surface area contributed by atoms with Crippen LogP contribution in [0, 0.1) is 0 Å². The van der Waals surface area contributed by atoms with Crippen LogP contribution in [0.4, 0.5) is 5.69 Å². The van der Waals surface area contributed by atoms with E-state index in [1.807, 2.05) is 6.92 Å². The number of carbonyl (C=O) groups excluding carboxylic acids is 2. The molecule has 0 saturated heterocycles. The van der Waals surface area contributed by atoms with Gasteiger partial charge in [0.05, 0.1) is 13.5 Å². The fourth-order valence-electron chi connectivity index (χ4n) is 2.24. The normalized spacial score (nSPS) is 13.1. The summed E-state index contributed by atoms with van der Waals surface area (Å²) in [5.74, 6) is -1.10. The quantitative estimate of drug-likeness (QED) is 0.157. The molecule has 8 heteroatoms. The number of anilines is 1. The zero-order chi connectivity index (χ0) is 18.3. The highest BCUT2D eigenvalue weighted by Gasteiger charge is 2.21. The van der Waals surface area contributed by atoms with E-state index in [-0.39, 0.29) is 41.2 Å². The Morgan fingerprint density at radius 3 is 2.54 bits per heavy atom. The Labute approximate surface area is 143 Å². The number of carbonyl (C=O) groups is 2. The van der Waals surface area contributed by atoms with Crippen molar-refractivity contribution < 1.29 is 19.8 Å². The molecule has 2 atom stereocenters. The summed E-state index contributed by atoms with van der Waals surface area (Å²) in [6.45, 7) is 3.64. The molecule has 6 N–H and O–H groups in total. The maximum atomic E-state index is 12.3. The van der Waals surface area contributed by atoms with Crippen LogP contribution in [0.15, 0.2) is 12.1 Å². The Morgan fingerprint density at radius 1 is 1.29 bits per heavy atom. The molecule has 0 aliphatic carbocycles. The van der Waals surface area contributed by atoms with E-state index in [9.17, 15) is 19.8 Å². The summed E-state index contributed by atoms with van der Waals surface area (Å²) in [6, 6.07) is 1.63. The number of nitrogen functional groups attached to an aromatic ring is 1. The molecule has 0 spiro atoms. The van der Waals surface area contributed by atoms with Crippen molar-refractivity contribution in [2.45, 2.75) is 45.0 Å². The predicted molar refractivity (Wildman–Crippen MR) is 92.9 cm³/mol. The zero-order valence-corrected chi connectivity index (χ0v) is 14.0. The third-order valence-corrected chi connectivity index (χ3v) is 3.48. The van der Waals surface area contributed by atoms with Gasteiger partial charge in [-0.15, -0.1) is 0 Å².